The van der Waals surface area contributed by atoms with Crippen molar-refractivity contribution in [1.29, 1.82) is 0 Å². The maximum absolute atomic E-state index is 5.30. The van der Waals surface area contributed by atoms with Crippen LogP contribution in [-0.2, 0) is 4.74 Å². The average Bonchev–Trinajstić information content (AvgIpc) is 2.26. The third-order valence-electron chi connectivity index (χ3n) is 1.68. The predicted octanol–water partition coefficient (Wildman–Crippen LogP) is 1.77. The van der Waals surface area contributed by atoms with E-state index in [0.717, 1.165) is 11.3 Å². The molecule has 0 aliphatic carbocycles. The third kappa shape index (κ3) is 4.46. The second-order valence-electron chi connectivity index (χ2n) is 2.65. The molecular weight excluding hydrogens is 234 g/mol. The summed E-state index contributed by atoms with van der Waals surface area (Å²) in [5.74, 6) is 0.801. The van der Waals surface area contributed by atoms with Gasteiger partial charge in [-0.2, -0.15) is 0 Å². The van der Waals surface area contributed by atoms with Crippen LogP contribution in [0, 0.1) is 0 Å². The van der Waals surface area contributed by atoms with E-state index in [1.165, 1.54) is 0 Å². The van der Waals surface area contributed by atoms with Gasteiger partial charge in [-0.3, -0.25) is 0 Å². The fraction of sp³-hybridized carbons (Fsp3) is 0.300. The molecule has 2 N–H and O–H groups in total. The van der Waals surface area contributed by atoms with E-state index in [4.69, 9.17) is 27.4 Å². The molecule has 0 bridgehead atoms. The molecule has 15 heavy (non-hydrogen) atoms. The van der Waals surface area contributed by atoms with Gasteiger partial charge in [-0.05, 0) is 36.5 Å². The summed E-state index contributed by atoms with van der Waals surface area (Å²) in [7, 11) is 1.62. The number of thiocarbonyl (C=S) groups is 1. The Morgan fingerprint density at radius 1 is 1.33 bits per heavy atom. The van der Waals surface area contributed by atoms with Gasteiger partial charge < -0.3 is 15.2 Å². The van der Waals surface area contributed by atoms with Crippen molar-refractivity contribution < 1.29 is 9.47 Å². The van der Waals surface area contributed by atoms with Gasteiger partial charge in [-0.1, -0.05) is 0 Å². The van der Waals surface area contributed by atoms with Crippen LogP contribution in [-0.4, -0.2) is 25.3 Å². The fourth-order valence-corrected chi connectivity index (χ4v) is 1.18. The van der Waals surface area contributed by atoms with Gasteiger partial charge in [0, 0.05) is 12.1 Å². The first-order chi connectivity index (χ1) is 6.77. The minimum absolute atomic E-state index is 0. The first-order valence-electron chi connectivity index (χ1n) is 4.29. The summed E-state index contributed by atoms with van der Waals surface area (Å²) in [5.41, 5.74) is 6.17. The fourth-order valence-electron chi connectivity index (χ4n) is 0.962. The number of rotatable bonds is 4. The van der Waals surface area contributed by atoms with E-state index in [2.05, 4.69) is 0 Å². The van der Waals surface area contributed by atoms with Crippen LogP contribution in [0.1, 0.15) is 5.56 Å². The Balaban J connectivity index is 0.00000196. The topological polar surface area (TPSA) is 44.5 Å². The van der Waals surface area contributed by atoms with Crippen LogP contribution in [0.15, 0.2) is 24.3 Å². The summed E-state index contributed by atoms with van der Waals surface area (Å²) in [6.45, 7) is 0.918. The van der Waals surface area contributed by atoms with Crippen molar-refractivity contribution in [1.82, 2.24) is 0 Å². The maximum atomic E-state index is 5.30. The molecule has 0 saturated heterocycles. The van der Waals surface area contributed by atoms with Crippen LogP contribution in [0.4, 0.5) is 0 Å². The Bertz CT molecular complexity index is 303. The Labute approximate surface area is 101 Å². The standard InChI is InChI=1S/C10H13NO2S.ClH/c1-12-9-4-2-8(3-5-9)10(14)13-7-6-11;/h2-5H,6-7,11H2,1H3;1H. The highest BCUT2D eigenvalue weighted by molar-refractivity contribution is 7.80. The van der Waals surface area contributed by atoms with Crippen molar-refractivity contribution in [2.45, 2.75) is 0 Å². The van der Waals surface area contributed by atoms with Crippen molar-refractivity contribution in [2.24, 2.45) is 5.73 Å². The van der Waals surface area contributed by atoms with Crippen LogP contribution in [0.2, 0.25) is 0 Å². The van der Waals surface area contributed by atoms with Crippen LogP contribution in [0.5, 0.6) is 5.75 Å². The molecule has 0 aliphatic heterocycles. The first kappa shape index (κ1) is 14.2. The van der Waals surface area contributed by atoms with Crippen LogP contribution in [0.25, 0.3) is 0 Å². The number of hydrogen-bond donors (Lipinski definition) is 1. The summed E-state index contributed by atoms with van der Waals surface area (Å²) >= 11 is 5.05. The molecule has 3 nitrogen and oxygen atoms in total. The zero-order valence-corrected chi connectivity index (χ0v) is 10.1. The van der Waals surface area contributed by atoms with Crippen molar-refractivity contribution >= 4 is 29.7 Å². The molecule has 0 amide bonds. The Morgan fingerprint density at radius 2 is 1.93 bits per heavy atom. The van der Waals surface area contributed by atoms with Gasteiger partial charge in [0.15, 0.2) is 5.05 Å². The summed E-state index contributed by atoms with van der Waals surface area (Å²) in [5, 5.41) is 0.470. The zero-order valence-electron chi connectivity index (χ0n) is 8.43. The lowest BCUT2D eigenvalue weighted by molar-refractivity contribution is 0.325. The molecule has 1 aromatic carbocycles. The van der Waals surface area contributed by atoms with E-state index in [-0.39, 0.29) is 12.4 Å². The first-order valence-corrected chi connectivity index (χ1v) is 4.70. The van der Waals surface area contributed by atoms with Gasteiger partial charge in [-0.15, -0.1) is 12.4 Å². The Kier molecular flexibility index (Phi) is 7.03. The zero-order chi connectivity index (χ0) is 10.4. The van der Waals surface area contributed by atoms with Crippen LogP contribution < -0.4 is 10.5 Å². The highest BCUT2D eigenvalue weighted by Crippen LogP contribution is 2.12. The Hall–Kier alpha value is -0.840. The van der Waals surface area contributed by atoms with E-state index in [0.29, 0.717) is 18.2 Å². The van der Waals surface area contributed by atoms with Gasteiger partial charge in [-0.25, -0.2) is 0 Å². The molecule has 0 heterocycles. The quantitative estimate of drug-likeness (QED) is 0.824. The van der Waals surface area contributed by atoms with E-state index < -0.39 is 0 Å². The lowest BCUT2D eigenvalue weighted by atomic mass is 10.2. The van der Waals surface area contributed by atoms with Gasteiger partial charge in [0.05, 0.1) is 7.11 Å². The Morgan fingerprint density at radius 3 is 2.40 bits per heavy atom. The minimum atomic E-state index is 0. The monoisotopic (exact) mass is 247 g/mol. The summed E-state index contributed by atoms with van der Waals surface area (Å²) in [6.07, 6.45) is 0. The lowest BCUT2D eigenvalue weighted by Gasteiger charge is -2.06. The number of hydrogen-bond acceptors (Lipinski definition) is 4. The van der Waals surface area contributed by atoms with Crippen molar-refractivity contribution in [3.05, 3.63) is 29.8 Å². The van der Waals surface area contributed by atoms with Gasteiger partial charge in [0.1, 0.15) is 12.4 Å². The number of ether oxygens (including phenoxy) is 2. The molecular formula is C10H14ClNO2S. The molecule has 0 fully saturated rings. The molecule has 0 radical (unpaired) electrons. The van der Waals surface area contributed by atoms with Gasteiger partial charge in [0.25, 0.3) is 0 Å². The number of benzene rings is 1. The van der Waals surface area contributed by atoms with E-state index >= 15 is 0 Å². The van der Waals surface area contributed by atoms with Crippen molar-refractivity contribution in [2.75, 3.05) is 20.3 Å². The maximum Gasteiger partial charge on any atom is 0.191 e. The molecule has 0 atom stereocenters. The lowest BCUT2D eigenvalue weighted by Crippen LogP contribution is -2.12. The highest BCUT2D eigenvalue weighted by atomic mass is 35.5. The van der Waals surface area contributed by atoms with Crippen LogP contribution >= 0.6 is 24.6 Å². The third-order valence-corrected chi connectivity index (χ3v) is 2.03. The normalized spacial score (nSPS) is 8.93. The van der Waals surface area contributed by atoms with Crippen molar-refractivity contribution in [3.8, 4) is 5.75 Å². The summed E-state index contributed by atoms with van der Waals surface area (Å²) < 4.78 is 10.2. The second kappa shape index (κ2) is 7.45. The smallest absolute Gasteiger partial charge is 0.191 e. The highest BCUT2D eigenvalue weighted by Gasteiger charge is 2.01. The summed E-state index contributed by atoms with van der Waals surface area (Å²) in [4.78, 5) is 0. The van der Waals surface area contributed by atoms with E-state index in [1.54, 1.807) is 7.11 Å². The van der Waals surface area contributed by atoms with E-state index in [1.807, 2.05) is 24.3 Å². The van der Waals surface area contributed by atoms with Gasteiger partial charge in [0.2, 0.25) is 0 Å². The van der Waals surface area contributed by atoms with Crippen molar-refractivity contribution in [3.63, 3.8) is 0 Å². The molecule has 5 heteroatoms. The molecule has 0 unspecified atom stereocenters. The molecule has 1 aromatic rings. The van der Waals surface area contributed by atoms with Gasteiger partial charge >= 0.3 is 0 Å². The molecule has 0 spiro atoms. The average molecular weight is 248 g/mol. The number of methoxy groups -OCH3 is 1. The number of nitrogens with two attached hydrogens (primary N) is 1. The SMILES string of the molecule is COc1ccc(C(=S)OCCN)cc1.Cl. The molecule has 84 valence electrons. The minimum Gasteiger partial charge on any atom is -0.497 e. The molecule has 0 saturated carbocycles. The molecule has 0 aromatic heterocycles. The molecule has 0 aliphatic rings. The predicted molar refractivity (Wildman–Crippen MR) is 66.9 cm³/mol. The van der Waals surface area contributed by atoms with E-state index in [9.17, 15) is 0 Å². The summed E-state index contributed by atoms with van der Waals surface area (Å²) in [6, 6.07) is 7.40. The largest absolute Gasteiger partial charge is 0.497 e. The molecule has 1 rings (SSSR count). The van der Waals surface area contributed by atoms with Crippen LogP contribution in [0.3, 0.4) is 0 Å². The second-order valence-corrected chi connectivity index (χ2v) is 3.02. The number of halogens is 1.